The molecule has 1 aromatic heterocycles. The molecule has 1 aromatic rings. The van der Waals surface area contributed by atoms with Gasteiger partial charge in [0.1, 0.15) is 9.88 Å². The summed E-state index contributed by atoms with van der Waals surface area (Å²) in [6, 6.07) is 0. The summed E-state index contributed by atoms with van der Waals surface area (Å²) in [5.74, 6) is -0.241. The van der Waals surface area contributed by atoms with Crippen molar-refractivity contribution in [2.75, 3.05) is 31.3 Å². The topological polar surface area (TPSA) is 101 Å². The van der Waals surface area contributed by atoms with Crippen LogP contribution in [0.3, 0.4) is 0 Å². The fourth-order valence-electron chi connectivity index (χ4n) is 2.37. The van der Waals surface area contributed by atoms with Crippen molar-refractivity contribution < 1.29 is 9.59 Å². The SMILES string of the molecule is CNC(=O)c1sc(N(C)CC2CCC2)c(C(N)=O)c1N. The van der Waals surface area contributed by atoms with Gasteiger partial charge in [-0.15, -0.1) is 11.3 Å². The average Bonchev–Trinajstić information content (AvgIpc) is 2.70. The third kappa shape index (κ3) is 2.58. The van der Waals surface area contributed by atoms with Crippen LogP contribution in [0.1, 0.15) is 39.3 Å². The number of anilines is 2. The molecule has 0 aromatic carbocycles. The van der Waals surface area contributed by atoms with Gasteiger partial charge in [0.25, 0.3) is 11.8 Å². The summed E-state index contributed by atoms with van der Waals surface area (Å²) in [6.45, 7) is 0.855. The Morgan fingerprint density at radius 2 is 2.10 bits per heavy atom. The molecule has 1 aliphatic carbocycles. The molecule has 7 heteroatoms. The van der Waals surface area contributed by atoms with E-state index in [1.807, 2.05) is 11.9 Å². The van der Waals surface area contributed by atoms with Crippen molar-refractivity contribution in [2.45, 2.75) is 19.3 Å². The molecule has 0 atom stereocenters. The molecule has 1 saturated carbocycles. The van der Waals surface area contributed by atoms with Crippen molar-refractivity contribution in [1.29, 1.82) is 0 Å². The van der Waals surface area contributed by atoms with Gasteiger partial charge >= 0.3 is 0 Å². The predicted octanol–water partition coefficient (Wildman–Crippen LogP) is 1.03. The number of carbonyl (C=O) groups excluding carboxylic acids is 2. The lowest BCUT2D eigenvalue weighted by molar-refractivity contribution is 0.0967. The van der Waals surface area contributed by atoms with Crippen molar-refractivity contribution in [3.63, 3.8) is 0 Å². The van der Waals surface area contributed by atoms with Crippen LogP contribution >= 0.6 is 11.3 Å². The lowest BCUT2D eigenvalue weighted by atomic mass is 9.85. The van der Waals surface area contributed by atoms with E-state index in [4.69, 9.17) is 11.5 Å². The molecular weight excluding hydrogens is 276 g/mol. The molecule has 0 radical (unpaired) electrons. The number of carbonyl (C=O) groups is 2. The van der Waals surface area contributed by atoms with Crippen molar-refractivity contribution in [1.82, 2.24) is 5.32 Å². The zero-order chi connectivity index (χ0) is 14.9. The third-order valence-electron chi connectivity index (χ3n) is 3.71. The highest BCUT2D eigenvalue weighted by atomic mass is 32.1. The van der Waals surface area contributed by atoms with Crippen LogP contribution in [0.5, 0.6) is 0 Å². The van der Waals surface area contributed by atoms with Gasteiger partial charge in [0.15, 0.2) is 0 Å². The van der Waals surface area contributed by atoms with Crippen LogP contribution in [0, 0.1) is 5.92 Å². The van der Waals surface area contributed by atoms with Gasteiger partial charge in [-0.05, 0) is 18.8 Å². The zero-order valence-electron chi connectivity index (χ0n) is 11.7. The molecule has 1 heterocycles. The van der Waals surface area contributed by atoms with E-state index in [-0.39, 0.29) is 17.2 Å². The zero-order valence-corrected chi connectivity index (χ0v) is 12.5. The molecule has 0 bridgehead atoms. The van der Waals surface area contributed by atoms with Gasteiger partial charge in [0.05, 0.1) is 11.3 Å². The molecule has 2 rings (SSSR count). The molecule has 0 aliphatic heterocycles. The van der Waals surface area contributed by atoms with E-state index >= 15 is 0 Å². The second-order valence-corrected chi connectivity index (χ2v) is 6.14. The van der Waals surface area contributed by atoms with Crippen LogP contribution in [0.25, 0.3) is 0 Å². The van der Waals surface area contributed by atoms with Crippen LogP contribution in [0.2, 0.25) is 0 Å². The van der Waals surface area contributed by atoms with E-state index < -0.39 is 5.91 Å². The molecule has 0 spiro atoms. The number of nitrogens with two attached hydrogens (primary N) is 2. The van der Waals surface area contributed by atoms with Crippen LogP contribution in [-0.4, -0.2) is 32.5 Å². The van der Waals surface area contributed by atoms with E-state index in [0.717, 1.165) is 6.54 Å². The van der Waals surface area contributed by atoms with Crippen molar-refractivity contribution in [2.24, 2.45) is 11.7 Å². The lowest BCUT2D eigenvalue weighted by Crippen LogP contribution is -2.30. The molecule has 1 aliphatic rings. The standard InChI is InChI=1S/C13H20N4O2S/c1-16-12(19)10-9(14)8(11(15)18)13(20-10)17(2)6-7-4-3-5-7/h7H,3-6,14H2,1-2H3,(H2,15,18)(H,16,19). The molecular formula is C13H20N4O2S. The molecule has 5 N–H and O–H groups in total. The summed E-state index contributed by atoms with van der Waals surface area (Å²) < 4.78 is 0. The van der Waals surface area contributed by atoms with Crippen molar-refractivity contribution in [3.8, 4) is 0 Å². The smallest absolute Gasteiger partial charge is 0.263 e. The monoisotopic (exact) mass is 296 g/mol. The largest absolute Gasteiger partial charge is 0.397 e. The minimum atomic E-state index is -0.593. The second kappa shape index (κ2) is 5.70. The maximum Gasteiger partial charge on any atom is 0.263 e. The molecule has 0 unspecified atom stereocenters. The van der Waals surface area contributed by atoms with Gasteiger partial charge in [-0.2, -0.15) is 0 Å². The van der Waals surface area contributed by atoms with Crippen LogP contribution in [0.4, 0.5) is 10.7 Å². The van der Waals surface area contributed by atoms with Gasteiger partial charge in [-0.1, -0.05) is 6.42 Å². The average molecular weight is 296 g/mol. The summed E-state index contributed by atoms with van der Waals surface area (Å²) in [4.78, 5) is 25.7. The fraction of sp³-hybridized carbons (Fsp3) is 0.538. The van der Waals surface area contributed by atoms with E-state index in [2.05, 4.69) is 5.32 Å². The minimum Gasteiger partial charge on any atom is -0.397 e. The predicted molar refractivity (Wildman–Crippen MR) is 81.3 cm³/mol. The number of thiophene rings is 1. The maximum atomic E-state index is 11.8. The Bertz CT molecular complexity index is 537. The van der Waals surface area contributed by atoms with Gasteiger partial charge in [0, 0.05) is 20.6 Å². The minimum absolute atomic E-state index is 0.178. The molecule has 0 saturated heterocycles. The number of primary amides is 1. The first-order chi connectivity index (χ1) is 9.45. The number of hydrogen-bond acceptors (Lipinski definition) is 5. The Morgan fingerprint density at radius 1 is 1.45 bits per heavy atom. The summed E-state index contributed by atoms with van der Waals surface area (Å²) in [5.41, 5.74) is 11.8. The number of nitrogen functional groups attached to an aromatic ring is 1. The first kappa shape index (κ1) is 14.6. The summed E-state index contributed by atoms with van der Waals surface area (Å²) >= 11 is 1.22. The second-order valence-electron chi connectivity index (χ2n) is 5.15. The summed E-state index contributed by atoms with van der Waals surface area (Å²) in [6.07, 6.45) is 3.68. The van der Waals surface area contributed by atoms with E-state index in [1.54, 1.807) is 0 Å². The Balaban J connectivity index is 2.34. The highest BCUT2D eigenvalue weighted by Gasteiger charge is 2.27. The maximum absolute atomic E-state index is 11.8. The highest BCUT2D eigenvalue weighted by molar-refractivity contribution is 7.19. The van der Waals surface area contributed by atoms with Crippen LogP contribution in [0.15, 0.2) is 0 Å². The molecule has 6 nitrogen and oxygen atoms in total. The Kier molecular flexibility index (Phi) is 4.17. The molecule has 1 fully saturated rings. The number of rotatable bonds is 5. The molecule has 20 heavy (non-hydrogen) atoms. The Morgan fingerprint density at radius 3 is 2.55 bits per heavy atom. The highest BCUT2D eigenvalue weighted by Crippen LogP contribution is 2.39. The third-order valence-corrected chi connectivity index (χ3v) is 5.03. The Hall–Kier alpha value is -1.76. The summed E-state index contributed by atoms with van der Waals surface area (Å²) in [5, 5.41) is 3.21. The van der Waals surface area contributed by atoms with Gasteiger partial charge in [-0.25, -0.2) is 0 Å². The normalized spacial score (nSPS) is 14.7. The fourth-order valence-corrected chi connectivity index (χ4v) is 3.51. The van der Waals surface area contributed by atoms with Gasteiger partial charge < -0.3 is 21.7 Å². The quantitative estimate of drug-likeness (QED) is 0.755. The van der Waals surface area contributed by atoms with Crippen molar-refractivity contribution in [3.05, 3.63) is 10.4 Å². The molecule has 110 valence electrons. The Labute approximate surface area is 122 Å². The van der Waals surface area contributed by atoms with E-state index in [0.29, 0.717) is 15.8 Å². The number of nitrogens with zero attached hydrogens (tertiary/aromatic N) is 1. The lowest BCUT2D eigenvalue weighted by Gasteiger charge is -2.30. The first-order valence-corrected chi connectivity index (χ1v) is 7.42. The van der Waals surface area contributed by atoms with Gasteiger partial charge in [0.2, 0.25) is 0 Å². The van der Waals surface area contributed by atoms with Gasteiger partial charge in [-0.3, -0.25) is 9.59 Å². The number of nitrogens with one attached hydrogen (secondary N) is 1. The van der Waals surface area contributed by atoms with E-state index in [9.17, 15) is 9.59 Å². The summed E-state index contributed by atoms with van der Waals surface area (Å²) in [7, 11) is 3.44. The first-order valence-electron chi connectivity index (χ1n) is 6.61. The number of hydrogen-bond donors (Lipinski definition) is 3. The van der Waals surface area contributed by atoms with Crippen LogP contribution < -0.4 is 21.7 Å². The molecule has 2 amide bonds. The van der Waals surface area contributed by atoms with Crippen LogP contribution in [-0.2, 0) is 0 Å². The van der Waals surface area contributed by atoms with Crippen molar-refractivity contribution >= 4 is 33.8 Å². The number of amides is 2. The van der Waals surface area contributed by atoms with E-state index in [1.165, 1.54) is 37.6 Å².